The molecule has 0 unspecified atom stereocenters. The number of ether oxygens (including phenoxy) is 3. The number of hydrogen-bond acceptors (Lipinski definition) is 8. The molecule has 252 valence electrons. The van der Waals surface area contributed by atoms with Crippen LogP contribution in [-0.2, 0) is 20.7 Å². The number of benzene rings is 4. The molecule has 4 aromatic carbocycles. The van der Waals surface area contributed by atoms with Gasteiger partial charge in [-0.05, 0) is 52.1 Å². The number of nitrogens with zero attached hydrogens (tertiary/aromatic N) is 5. The number of morpholine rings is 1. The second-order valence-electron chi connectivity index (χ2n) is 12.0. The summed E-state index contributed by atoms with van der Waals surface area (Å²) >= 11 is 0. The predicted octanol–water partition coefficient (Wildman–Crippen LogP) is 6.00. The van der Waals surface area contributed by atoms with E-state index in [4.69, 9.17) is 24.3 Å². The van der Waals surface area contributed by atoms with Crippen LogP contribution in [0.2, 0.25) is 0 Å². The Bertz CT molecular complexity index is 1770. The van der Waals surface area contributed by atoms with Gasteiger partial charge in [0.05, 0.1) is 19.8 Å². The van der Waals surface area contributed by atoms with E-state index < -0.39 is 11.6 Å². The molecule has 4 aromatic rings. The predicted molar refractivity (Wildman–Crippen MR) is 188 cm³/mol. The number of aliphatic imine (C=N–C) groups is 1. The Morgan fingerprint density at radius 2 is 1.65 bits per heavy atom. The van der Waals surface area contributed by atoms with Crippen molar-refractivity contribution in [3.63, 3.8) is 0 Å². The number of carbonyl (C=O) groups is 1. The Labute approximate surface area is 285 Å². The number of aliphatic hydroxyl groups is 1. The van der Waals surface area contributed by atoms with Gasteiger partial charge in [0.15, 0.2) is 11.6 Å². The van der Waals surface area contributed by atoms with Crippen molar-refractivity contribution in [1.82, 2.24) is 10.2 Å². The molecule has 0 radical (unpaired) electrons. The lowest BCUT2D eigenvalue weighted by molar-refractivity contribution is -0.129. The molecule has 0 aliphatic carbocycles. The molecule has 11 nitrogen and oxygen atoms in total. The first-order valence-corrected chi connectivity index (χ1v) is 16.6. The van der Waals surface area contributed by atoms with Crippen molar-refractivity contribution in [2.45, 2.75) is 24.5 Å². The van der Waals surface area contributed by atoms with Gasteiger partial charge in [0, 0.05) is 61.8 Å². The molecule has 0 saturated carbocycles. The molecular formula is C38H40N6O5. The van der Waals surface area contributed by atoms with E-state index >= 15 is 0 Å². The third kappa shape index (κ3) is 8.10. The van der Waals surface area contributed by atoms with Gasteiger partial charge in [-0.15, -0.1) is 0 Å². The molecule has 49 heavy (non-hydrogen) atoms. The maximum absolute atomic E-state index is 14.6. The van der Waals surface area contributed by atoms with Crippen molar-refractivity contribution < 1.29 is 24.1 Å². The molecule has 0 spiro atoms. The minimum atomic E-state index is -1.44. The summed E-state index contributed by atoms with van der Waals surface area (Å²) in [5.41, 5.74) is 12.6. The van der Waals surface area contributed by atoms with Gasteiger partial charge in [0.1, 0.15) is 5.75 Å². The summed E-state index contributed by atoms with van der Waals surface area (Å²) in [5, 5.41) is 16.2. The summed E-state index contributed by atoms with van der Waals surface area (Å²) in [6.45, 7) is 4.49. The van der Waals surface area contributed by atoms with Crippen LogP contribution in [0.3, 0.4) is 0 Å². The summed E-state index contributed by atoms with van der Waals surface area (Å²) in [5.74, 6) is 0.690. The molecule has 0 aromatic heterocycles. The first kappa shape index (κ1) is 33.7. The average molecular weight is 661 g/mol. The van der Waals surface area contributed by atoms with E-state index in [1.54, 1.807) is 12.1 Å². The lowest BCUT2D eigenvalue weighted by atomic mass is 9.81. The molecule has 2 aliphatic rings. The molecule has 2 N–H and O–H groups in total. The second kappa shape index (κ2) is 16.3. The molecule has 1 fully saturated rings. The number of hydrogen-bond donors (Lipinski definition) is 2. The number of carbonyl (C=O) groups excluding carboxylic acids is 1. The lowest BCUT2D eigenvalue weighted by Crippen LogP contribution is -2.51. The number of rotatable bonds is 14. The lowest BCUT2D eigenvalue weighted by Gasteiger charge is -2.32. The van der Waals surface area contributed by atoms with E-state index in [1.165, 1.54) is 0 Å². The van der Waals surface area contributed by atoms with E-state index in [9.17, 15) is 10.3 Å². The quantitative estimate of drug-likeness (QED) is 0.0735. The third-order valence-electron chi connectivity index (χ3n) is 8.77. The van der Waals surface area contributed by atoms with Crippen LogP contribution in [-0.4, -0.2) is 80.0 Å². The average Bonchev–Trinajstić information content (AvgIpc) is 3.54. The van der Waals surface area contributed by atoms with Crippen molar-refractivity contribution >= 4 is 17.5 Å². The van der Waals surface area contributed by atoms with E-state index in [0.717, 1.165) is 29.8 Å². The molecule has 2 atom stereocenters. The standard InChI is InChI=1S/C38H40N6O5/c39-43-42-34-10-5-4-9-32(34)27-38(37(46)40-19-20-44-21-25-47-26-22-44)35(30-13-11-29(12-14-30)28-7-2-1-3-8-28)49-36(41-38)31-15-17-33(18-16-31)48-24-6-23-45/h1-5,7-18,35,45H,6,19-27H2,(H,40,46)/t35-,38-/m1/s1. The minimum Gasteiger partial charge on any atom is -0.494 e. The highest BCUT2D eigenvalue weighted by Crippen LogP contribution is 2.44. The van der Waals surface area contributed by atoms with Crippen LogP contribution < -0.4 is 10.1 Å². The molecule has 2 aliphatic heterocycles. The fourth-order valence-electron chi connectivity index (χ4n) is 6.17. The number of amides is 1. The SMILES string of the molecule is [N-]=[N+]=Nc1ccccc1C[C@@]1(C(=O)NCCN2CCOCC2)N=C(c2ccc(OCCCO)cc2)O[C@@H]1c1ccc(-c2ccccc2)cc1. The first-order chi connectivity index (χ1) is 24.1. The highest BCUT2D eigenvalue weighted by molar-refractivity contribution is 6.01. The Morgan fingerprint density at radius 1 is 0.959 bits per heavy atom. The summed E-state index contributed by atoms with van der Waals surface area (Å²) in [6.07, 6.45) is -0.138. The summed E-state index contributed by atoms with van der Waals surface area (Å²) in [7, 11) is 0. The monoisotopic (exact) mass is 660 g/mol. The Morgan fingerprint density at radius 3 is 2.39 bits per heavy atom. The van der Waals surface area contributed by atoms with Crippen LogP contribution in [0.15, 0.2) is 113 Å². The van der Waals surface area contributed by atoms with E-state index in [0.29, 0.717) is 67.8 Å². The molecule has 11 heteroatoms. The van der Waals surface area contributed by atoms with Crippen molar-refractivity contribution in [2.75, 3.05) is 52.6 Å². The maximum Gasteiger partial charge on any atom is 0.252 e. The maximum atomic E-state index is 14.6. The van der Waals surface area contributed by atoms with Gasteiger partial charge in [-0.25, -0.2) is 4.99 Å². The van der Waals surface area contributed by atoms with Gasteiger partial charge in [-0.3, -0.25) is 9.69 Å². The third-order valence-corrected chi connectivity index (χ3v) is 8.77. The molecular weight excluding hydrogens is 620 g/mol. The van der Waals surface area contributed by atoms with Crippen LogP contribution in [0.4, 0.5) is 5.69 Å². The number of nitrogens with one attached hydrogen (secondary N) is 1. The van der Waals surface area contributed by atoms with Crippen LogP contribution in [0.1, 0.15) is 29.2 Å². The second-order valence-corrected chi connectivity index (χ2v) is 12.0. The number of azide groups is 1. The summed E-state index contributed by atoms with van der Waals surface area (Å²) < 4.78 is 17.9. The molecule has 6 rings (SSSR count). The summed E-state index contributed by atoms with van der Waals surface area (Å²) in [6, 6.07) is 32.7. The van der Waals surface area contributed by atoms with Crippen LogP contribution >= 0.6 is 0 Å². The van der Waals surface area contributed by atoms with Gasteiger partial charge in [-0.1, -0.05) is 84.0 Å². The van der Waals surface area contributed by atoms with Crippen LogP contribution in [0.25, 0.3) is 21.6 Å². The van der Waals surface area contributed by atoms with Gasteiger partial charge in [-0.2, -0.15) is 0 Å². The van der Waals surface area contributed by atoms with Crippen molar-refractivity contribution in [3.05, 3.63) is 130 Å². The van der Waals surface area contributed by atoms with Gasteiger partial charge < -0.3 is 24.6 Å². The fourth-order valence-corrected chi connectivity index (χ4v) is 6.17. The van der Waals surface area contributed by atoms with Gasteiger partial charge in [0.2, 0.25) is 5.90 Å². The van der Waals surface area contributed by atoms with E-state index in [1.807, 2.05) is 78.9 Å². The zero-order chi connectivity index (χ0) is 33.9. The van der Waals surface area contributed by atoms with Crippen LogP contribution in [0.5, 0.6) is 5.75 Å². The fraction of sp³-hybridized carbons (Fsp3) is 0.316. The van der Waals surface area contributed by atoms with E-state index in [-0.39, 0.29) is 18.9 Å². The van der Waals surface area contributed by atoms with E-state index in [2.05, 4.69) is 32.4 Å². The van der Waals surface area contributed by atoms with Gasteiger partial charge in [0.25, 0.3) is 5.91 Å². The molecule has 1 saturated heterocycles. The zero-order valence-electron chi connectivity index (χ0n) is 27.3. The molecule has 1 amide bonds. The zero-order valence-corrected chi connectivity index (χ0v) is 27.3. The first-order valence-electron chi connectivity index (χ1n) is 16.6. The topological polar surface area (TPSA) is 141 Å². The van der Waals surface area contributed by atoms with Crippen LogP contribution in [0, 0.1) is 0 Å². The Balaban J connectivity index is 1.39. The minimum absolute atomic E-state index is 0.0514. The van der Waals surface area contributed by atoms with Crippen molar-refractivity contribution in [1.29, 1.82) is 0 Å². The van der Waals surface area contributed by atoms with Crippen molar-refractivity contribution in [3.8, 4) is 16.9 Å². The Hall–Kier alpha value is -5.19. The van der Waals surface area contributed by atoms with Crippen molar-refractivity contribution in [2.24, 2.45) is 10.1 Å². The number of aliphatic hydroxyl groups excluding tert-OH is 1. The van der Waals surface area contributed by atoms with Gasteiger partial charge >= 0.3 is 0 Å². The highest BCUT2D eigenvalue weighted by atomic mass is 16.5. The molecule has 2 heterocycles. The molecule has 0 bridgehead atoms. The Kier molecular flexibility index (Phi) is 11.2. The smallest absolute Gasteiger partial charge is 0.252 e. The summed E-state index contributed by atoms with van der Waals surface area (Å²) in [4.78, 5) is 25.1. The normalized spacial score (nSPS) is 19.0. The highest BCUT2D eigenvalue weighted by Gasteiger charge is 2.53. The largest absolute Gasteiger partial charge is 0.494 e.